The molecule has 1 saturated heterocycles. The average Bonchev–Trinajstić information content (AvgIpc) is 3.10. The van der Waals surface area contributed by atoms with E-state index < -0.39 is 11.9 Å². The Kier molecular flexibility index (Phi) is 6.20. The molecule has 1 fully saturated rings. The van der Waals surface area contributed by atoms with E-state index in [1.165, 1.54) is 30.4 Å². The largest absolute Gasteiger partial charge is 0.491 e. The normalized spacial score (nSPS) is 16.0. The van der Waals surface area contributed by atoms with E-state index in [-0.39, 0.29) is 24.8 Å². The molecule has 1 unspecified atom stereocenters. The predicted octanol–water partition coefficient (Wildman–Crippen LogP) is 1.93. The van der Waals surface area contributed by atoms with Crippen molar-refractivity contribution in [3.05, 3.63) is 41.0 Å². The van der Waals surface area contributed by atoms with Crippen LogP contribution in [0, 0.1) is 5.82 Å². The fourth-order valence-electron chi connectivity index (χ4n) is 2.86. The second-order valence-electron chi connectivity index (χ2n) is 6.45. The summed E-state index contributed by atoms with van der Waals surface area (Å²) in [5, 5.41) is 12.9. The number of halogens is 1. The molecule has 2 heterocycles. The number of benzene rings is 1. The Morgan fingerprint density at radius 3 is 2.93 bits per heavy atom. The summed E-state index contributed by atoms with van der Waals surface area (Å²) in [6.07, 6.45) is -0.798. The molecular formula is C19H21FN2O4S. The molecule has 8 heteroatoms. The van der Waals surface area contributed by atoms with E-state index in [1.807, 2.05) is 4.90 Å². The van der Waals surface area contributed by atoms with Crippen molar-refractivity contribution in [1.82, 2.24) is 10.2 Å². The SMILES string of the molecule is CC(=O)c1ccc(-c2cc(F)cc(OCC(O)CN3CCNC(=O)C3)c2)s1. The number of aliphatic hydroxyl groups excluding tert-OH is 1. The third-order valence-corrected chi connectivity index (χ3v) is 5.37. The van der Waals surface area contributed by atoms with E-state index in [0.717, 1.165) is 4.88 Å². The van der Waals surface area contributed by atoms with Crippen molar-refractivity contribution in [2.24, 2.45) is 0 Å². The van der Waals surface area contributed by atoms with Crippen LogP contribution in [0.3, 0.4) is 0 Å². The van der Waals surface area contributed by atoms with Crippen LogP contribution < -0.4 is 10.1 Å². The highest BCUT2D eigenvalue weighted by atomic mass is 32.1. The van der Waals surface area contributed by atoms with E-state index in [2.05, 4.69) is 5.32 Å². The lowest BCUT2D eigenvalue weighted by molar-refractivity contribution is -0.124. The number of β-amino-alcohol motifs (C(OH)–C–C–N with tert-alkyl or cyclic N) is 1. The number of nitrogens with zero attached hydrogens (tertiary/aromatic N) is 1. The second kappa shape index (κ2) is 8.60. The second-order valence-corrected chi connectivity index (χ2v) is 7.53. The first kappa shape index (κ1) is 19.5. The molecule has 27 heavy (non-hydrogen) atoms. The van der Waals surface area contributed by atoms with Crippen LogP contribution in [0.4, 0.5) is 4.39 Å². The minimum Gasteiger partial charge on any atom is -0.491 e. The number of thiophene rings is 1. The predicted molar refractivity (Wildman–Crippen MR) is 101 cm³/mol. The minimum atomic E-state index is -0.798. The van der Waals surface area contributed by atoms with Gasteiger partial charge in [-0.05, 0) is 36.8 Å². The fraction of sp³-hybridized carbons (Fsp3) is 0.368. The number of rotatable bonds is 7. The maximum Gasteiger partial charge on any atom is 0.234 e. The maximum atomic E-state index is 14.0. The van der Waals surface area contributed by atoms with Gasteiger partial charge in [0.15, 0.2) is 5.78 Å². The number of aliphatic hydroxyl groups is 1. The third kappa shape index (κ3) is 5.35. The molecule has 1 aromatic carbocycles. The van der Waals surface area contributed by atoms with Gasteiger partial charge in [-0.1, -0.05) is 0 Å². The quantitative estimate of drug-likeness (QED) is 0.704. The standard InChI is InChI=1S/C19H21FN2O4S/c1-12(23)17-2-3-18(27-17)13-6-14(20)8-16(7-13)26-11-15(24)9-22-5-4-21-19(25)10-22/h2-3,6-8,15,24H,4-5,9-11H2,1H3,(H,21,25). The molecule has 1 aliphatic heterocycles. The molecule has 2 N–H and O–H groups in total. The highest BCUT2D eigenvalue weighted by molar-refractivity contribution is 7.17. The summed E-state index contributed by atoms with van der Waals surface area (Å²) in [7, 11) is 0. The molecule has 1 aliphatic rings. The highest BCUT2D eigenvalue weighted by Gasteiger charge is 2.19. The summed E-state index contributed by atoms with van der Waals surface area (Å²) in [4.78, 5) is 26.0. The molecule has 3 rings (SSSR count). The Bertz CT molecular complexity index is 839. The van der Waals surface area contributed by atoms with Crippen LogP contribution in [-0.2, 0) is 4.79 Å². The number of amides is 1. The van der Waals surface area contributed by atoms with Crippen LogP contribution in [-0.4, -0.2) is 60.6 Å². The summed E-state index contributed by atoms with van der Waals surface area (Å²) >= 11 is 1.29. The Hall–Kier alpha value is -2.29. The average molecular weight is 392 g/mol. The smallest absolute Gasteiger partial charge is 0.234 e. The Morgan fingerprint density at radius 1 is 1.41 bits per heavy atom. The zero-order valence-electron chi connectivity index (χ0n) is 14.9. The van der Waals surface area contributed by atoms with Crippen LogP contribution in [0.5, 0.6) is 5.75 Å². The van der Waals surface area contributed by atoms with Crippen LogP contribution in [0.2, 0.25) is 0 Å². The molecular weight excluding hydrogens is 371 g/mol. The molecule has 1 amide bonds. The van der Waals surface area contributed by atoms with Crippen LogP contribution in [0.25, 0.3) is 10.4 Å². The molecule has 0 bridgehead atoms. The lowest BCUT2D eigenvalue weighted by Gasteiger charge is -2.28. The number of ketones is 1. The Morgan fingerprint density at radius 2 is 2.22 bits per heavy atom. The van der Waals surface area contributed by atoms with Gasteiger partial charge in [0.1, 0.15) is 24.3 Å². The van der Waals surface area contributed by atoms with E-state index in [0.29, 0.717) is 35.8 Å². The summed E-state index contributed by atoms with van der Waals surface area (Å²) in [5.41, 5.74) is 0.615. The Balaban J connectivity index is 1.62. The lowest BCUT2D eigenvalue weighted by atomic mass is 10.1. The van der Waals surface area contributed by atoms with E-state index in [4.69, 9.17) is 4.74 Å². The van der Waals surface area contributed by atoms with Crippen LogP contribution in [0.1, 0.15) is 16.6 Å². The van der Waals surface area contributed by atoms with Crippen molar-refractivity contribution >= 4 is 23.0 Å². The van der Waals surface area contributed by atoms with Gasteiger partial charge in [0.2, 0.25) is 5.91 Å². The number of ether oxygens (including phenoxy) is 1. The number of hydrogen-bond donors (Lipinski definition) is 2. The molecule has 0 radical (unpaired) electrons. The zero-order valence-corrected chi connectivity index (χ0v) is 15.7. The molecule has 6 nitrogen and oxygen atoms in total. The number of carbonyl (C=O) groups is 2. The first-order valence-corrected chi connectivity index (χ1v) is 9.44. The number of Topliss-reactive ketones (excluding diaryl/α,β-unsaturated/α-hetero) is 1. The van der Waals surface area contributed by atoms with Crippen molar-refractivity contribution in [1.29, 1.82) is 0 Å². The van der Waals surface area contributed by atoms with Gasteiger partial charge >= 0.3 is 0 Å². The van der Waals surface area contributed by atoms with Crippen molar-refractivity contribution in [3.63, 3.8) is 0 Å². The van der Waals surface area contributed by atoms with E-state index in [9.17, 15) is 19.1 Å². The highest BCUT2D eigenvalue weighted by Crippen LogP contribution is 2.31. The topological polar surface area (TPSA) is 78.9 Å². The summed E-state index contributed by atoms with van der Waals surface area (Å²) < 4.78 is 19.5. The van der Waals surface area contributed by atoms with E-state index >= 15 is 0 Å². The Labute approximate surface area is 160 Å². The summed E-state index contributed by atoms with van der Waals surface area (Å²) in [6.45, 7) is 3.26. The van der Waals surface area contributed by atoms with E-state index in [1.54, 1.807) is 18.2 Å². The van der Waals surface area contributed by atoms with Gasteiger partial charge in [-0.15, -0.1) is 11.3 Å². The van der Waals surface area contributed by atoms with Gasteiger partial charge in [0.05, 0.1) is 11.4 Å². The summed E-state index contributed by atoms with van der Waals surface area (Å²) in [5.74, 6) is -0.251. The zero-order chi connectivity index (χ0) is 19.4. The van der Waals surface area contributed by atoms with Crippen LogP contribution in [0.15, 0.2) is 30.3 Å². The first-order chi connectivity index (χ1) is 12.9. The number of nitrogens with one attached hydrogen (secondary N) is 1. The number of hydrogen-bond acceptors (Lipinski definition) is 6. The van der Waals surface area contributed by atoms with Crippen molar-refractivity contribution in [2.75, 3.05) is 32.8 Å². The molecule has 1 aromatic heterocycles. The monoisotopic (exact) mass is 392 g/mol. The molecule has 144 valence electrons. The number of piperazine rings is 1. The van der Waals surface area contributed by atoms with Gasteiger partial charge < -0.3 is 15.2 Å². The first-order valence-electron chi connectivity index (χ1n) is 8.62. The van der Waals surface area contributed by atoms with Gasteiger partial charge in [-0.2, -0.15) is 0 Å². The van der Waals surface area contributed by atoms with Gasteiger partial charge in [0, 0.05) is 30.6 Å². The minimum absolute atomic E-state index is 0.00977. The molecule has 0 aliphatic carbocycles. The maximum absolute atomic E-state index is 14.0. The van der Waals surface area contributed by atoms with Gasteiger partial charge in [-0.25, -0.2) is 4.39 Å². The fourth-order valence-corrected chi connectivity index (χ4v) is 3.75. The molecule has 0 saturated carbocycles. The third-order valence-electron chi connectivity index (χ3n) is 4.14. The lowest BCUT2D eigenvalue weighted by Crippen LogP contribution is -2.50. The van der Waals surface area contributed by atoms with Crippen LogP contribution >= 0.6 is 11.3 Å². The van der Waals surface area contributed by atoms with Crippen molar-refractivity contribution in [2.45, 2.75) is 13.0 Å². The van der Waals surface area contributed by atoms with Crippen molar-refractivity contribution < 1.29 is 23.8 Å². The molecule has 2 aromatic rings. The summed E-state index contributed by atoms with van der Waals surface area (Å²) in [6, 6.07) is 7.80. The molecule has 0 spiro atoms. The number of carbonyl (C=O) groups excluding carboxylic acids is 2. The van der Waals surface area contributed by atoms with Gasteiger partial charge in [0.25, 0.3) is 0 Å². The van der Waals surface area contributed by atoms with Gasteiger partial charge in [-0.3, -0.25) is 14.5 Å². The molecule has 1 atom stereocenters. The van der Waals surface area contributed by atoms with Crippen molar-refractivity contribution in [3.8, 4) is 16.2 Å².